The SMILES string of the molecule is CNC(=O)CCc1ccc(NC(=O)c2cc(Br)ccc2OCCOC)cc1. The van der Waals surface area contributed by atoms with Crippen LogP contribution >= 0.6 is 15.9 Å². The number of halogens is 1. The molecular formula is C20H23BrN2O4. The molecule has 27 heavy (non-hydrogen) atoms. The second-order valence-electron chi connectivity index (χ2n) is 5.81. The summed E-state index contributed by atoms with van der Waals surface area (Å²) < 4.78 is 11.4. The molecular weight excluding hydrogens is 412 g/mol. The number of methoxy groups -OCH3 is 1. The highest BCUT2D eigenvalue weighted by Gasteiger charge is 2.14. The molecule has 0 bridgehead atoms. The molecule has 0 saturated carbocycles. The van der Waals surface area contributed by atoms with Crippen molar-refractivity contribution in [3.8, 4) is 5.75 Å². The quantitative estimate of drug-likeness (QED) is 0.592. The molecule has 0 spiro atoms. The van der Waals surface area contributed by atoms with Gasteiger partial charge in [0, 0.05) is 30.7 Å². The summed E-state index contributed by atoms with van der Waals surface area (Å²) in [5.74, 6) is 0.236. The van der Waals surface area contributed by atoms with Crippen molar-refractivity contribution in [3.63, 3.8) is 0 Å². The van der Waals surface area contributed by atoms with E-state index in [0.29, 0.717) is 43.1 Å². The fourth-order valence-electron chi connectivity index (χ4n) is 2.38. The van der Waals surface area contributed by atoms with E-state index in [-0.39, 0.29) is 11.8 Å². The number of hydrogen-bond donors (Lipinski definition) is 2. The number of anilines is 1. The third-order valence-corrected chi connectivity index (χ3v) is 4.36. The Labute approximate surface area is 167 Å². The van der Waals surface area contributed by atoms with Gasteiger partial charge in [-0.25, -0.2) is 0 Å². The van der Waals surface area contributed by atoms with Crippen LogP contribution in [-0.4, -0.2) is 39.2 Å². The number of hydrogen-bond acceptors (Lipinski definition) is 4. The number of aryl methyl sites for hydroxylation is 1. The van der Waals surface area contributed by atoms with Crippen molar-refractivity contribution in [3.05, 3.63) is 58.1 Å². The van der Waals surface area contributed by atoms with Gasteiger partial charge in [-0.2, -0.15) is 0 Å². The average molecular weight is 435 g/mol. The maximum atomic E-state index is 12.7. The van der Waals surface area contributed by atoms with Crippen LogP contribution in [0.5, 0.6) is 5.75 Å². The molecule has 0 aliphatic carbocycles. The van der Waals surface area contributed by atoms with E-state index in [4.69, 9.17) is 9.47 Å². The molecule has 7 heteroatoms. The molecule has 0 atom stereocenters. The van der Waals surface area contributed by atoms with Crippen molar-refractivity contribution < 1.29 is 19.1 Å². The topological polar surface area (TPSA) is 76.7 Å². The Morgan fingerprint density at radius 2 is 1.81 bits per heavy atom. The fourth-order valence-corrected chi connectivity index (χ4v) is 2.74. The number of carbonyl (C=O) groups excluding carboxylic acids is 2. The molecule has 2 aromatic carbocycles. The molecule has 0 fully saturated rings. The zero-order valence-electron chi connectivity index (χ0n) is 15.4. The molecule has 2 rings (SSSR count). The van der Waals surface area contributed by atoms with Crippen LogP contribution in [0.4, 0.5) is 5.69 Å². The third-order valence-electron chi connectivity index (χ3n) is 3.86. The van der Waals surface area contributed by atoms with Gasteiger partial charge in [-0.1, -0.05) is 28.1 Å². The summed E-state index contributed by atoms with van der Waals surface area (Å²) in [4.78, 5) is 24.0. The van der Waals surface area contributed by atoms with E-state index in [2.05, 4.69) is 26.6 Å². The van der Waals surface area contributed by atoms with Crippen LogP contribution in [0.1, 0.15) is 22.3 Å². The second kappa shape index (κ2) is 10.7. The number of carbonyl (C=O) groups is 2. The van der Waals surface area contributed by atoms with Crippen molar-refractivity contribution in [2.24, 2.45) is 0 Å². The van der Waals surface area contributed by atoms with Crippen molar-refractivity contribution in [1.29, 1.82) is 0 Å². The normalized spacial score (nSPS) is 10.3. The van der Waals surface area contributed by atoms with Gasteiger partial charge < -0.3 is 20.1 Å². The van der Waals surface area contributed by atoms with E-state index in [1.54, 1.807) is 26.3 Å². The number of amides is 2. The van der Waals surface area contributed by atoms with Gasteiger partial charge in [0.1, 0.15) is 12.4 Å². The van der Waals surface area contributed by atoms with Gasteiger partial charge in [-0.05, 0) is 42.3 Å². The molecule has 0 radical (unpaired) electrons. The first-order chi connectivity index (χ1) is 13.0. The van der Waals surface area contributed by atoms with Crippen LogP contribution < -0.4 is 15.4 Å². The van der Waals surface area contributed by atoms with Crippen LogP contribution in [0, 0.1) is 0 Å². The van der Waals surface area contributed by atoms with Crippen molar-refractivity contribution in [2.45, 2.75) is 12.8 Å². The van der Waals surface area contributed by atoms with Crippen LogP contribution in [0.3, 0.4) is 0 Å². The molecule has 144 valence electrons. The van der Waals surface area contributed by atoms with Gasteiger partial charge in [0.2, 0.25) is 5.91 Å². The van der Waals surface area contributed by atoms with E-state index in [1.165, 1.54) is 0 Å². The molecule has 0 aromatic heterocycles. The van der Waals surface area contributed by atoms with E-state index in [9.17, 15) is 9.59 Å². The molecule has 0 unspecified atom stereocenters. The van der Waals surface area contributed by atoms with Crippen LogP contribution in [-0.2, 0) is 16.0 Å². The largest absolute Gasteiger partial charge is 0.490 e. The van der Waals surface area contributed by atoms with E-state index >= 15 is 0 Å². The third kappa shape index (κ3) is 6.69. The van der Waals surface area contributed by atoms with Gasteiger partial charge >= 0.3 is 0 Å². The molecule has 6 nitrogen and oxygen atoms in total. The lowest BCUT2D eigenvalue weighted by molar-refractivity contribution is -0.120. The Morgan fingerprint density at radius 1 is 1.07 bits per heavy atom. The highest BCUT2D eigenvalue weighted by molar-refractivity contribution is 9.10. The minimum absolute atomic E-state index is 0.00281. The summed E-state index contributed by atoms with van der Waals surface area (Å²) in [5.41, 5.74) is 2.14. The van der Waals surface area contributed by atoms with Crippen LogP contribution in [0.15, 0.2) is 46.9 Å². The standard InChI is InChI=1S/C20H23BrN2O4/c1-22-19(24)10-5-14-3-7-16(8-4-14)23-20(25)17-13-15(21)6-9-18(17)27-12-11-26-2/h3-4,6-9,13H,5,10-12H2,1-2H3,(H,22,24)(H,23,25). The molecule has 0 saturated heterocycles. The lowest BCUT2D eigenvalue weighted by atomic mass is 10.1. The summed E-state index contributed by atoms with van der Waals surface area (Å²) in [6.45, 7) is 0.799. The lowest BCUT2D eigenvalue weighted by Gasteiger charge is -2.12. The molecule has 0 aliphatic rings. The monoisotopic (exact) mass is 434 g/mol. The van der Waals surface area contributed by atoms with Gasteiger partial charge in [0.15, 0.2) is 0 Å². The Balaban J connectivity index is 2.04. The van der Waals surface area contributed by atoms with Gasteiger partial charge in [0.25, 0.3) is 5.91 Å². The maximum absolute atomic E-state index is 12.7. The zero-order chi connectivity index (χ0) is 19.6. The number of ether oxygens (including phenoxy) is 2. The van der Waals surface area contributed by atoms with E-state index in [0.717, 1.165) is 10.0 Å². The first kappa shape index (κ1) is 20.9. The second-order valence-corrected chi connectivity index (χ2v) is 6.72. The summed E-state index contributed by atoms with van der Waals surface area (Å²) in [6, 6.07) is 12.7. The fraction of sp³-hybridized carbons (Fsp3) is 0.300. The highest BCUT2D eigenvalue weighted by Crippen LogP contribution is 2.24. The summed E-state index contributed by atoms with van der Waals surface area (Å²) >= 11 is 3.38. The minimum atomic E-state index is -0.262. The predicted octanol–water partition coefficient (Wildman–Crippen LogP) is 3.41. The van der Waals surface area contributed by atoms with Crippen LogP contribution in [0.2, 0.25) is 0 Å². The summed E-state index contributed by atoms with van der Waals surface area (Å²) in [7, 11) is 3.22. The number of rotatable bonds is 9. The number of benzene rings is 2. The molecule has 2 amide bonds. The van der Waals surface area contributed by atoms with Gasteiger partial charge in [-0.3, -0.25) is 9.59 Å². The minimum Gasteiger partial charge on any atom is -0.490 e. The first-order valence-electron chi connectivity index (χ1n) is 8.55. The molecule has 2 N–H and O–H groups in total. The highest BCUT2D eigenvalue weighted by atomic mass is 79.9. The van der Waals surface area contributed by atoms with Crippen LogP contribution in [0.25, 0.3) is 0 Å². The molecule has 0 aliphatic heterocycles. The smallest absolute Gasteiger partial charge is 0.259 e. The number of nitrogens with one attached hydrogen (secondary N) is 2. The van der Waals surface area contributed by atoms with Crippen molar-refractivity contribution in [1.82, 2.24) is 5.32 Å². The summed E-state index contributed by atoms with van der Waals surface area (Å²) in [6.07, 6.45) is 1.08. The van der Waals surface area contributed by atoms with E-state index < -0.39 is 0 Å². The van der Waals surface area contributed by atoms with Crippen molar-refractivity contribution in [2.75, 3.05) is 32.7 Å². The maximum Gasteiger partial charge on any atom is 0.259 e. The predicted molar refractivity (Wildman–Crippen MR) is 108 cm³/mol. The Hall–Kier alpha value is -2.38. The Morgan fingerprint density at radius 3 is 2.48 bits per heavy atom. The van der Waals surface area contributed by atoms with Crippen molar-refractivity contribution >= 4 is 33.4 Å². The Bertz CT molecular complexity index is 778. The molecule has 2 aromatic rings. The van der Waals surface area contributed by atoms with Gasteiger partial charge in [-0.15, -0.1) is 0 Å². The van der Waals surface area contributed by atoms with E-state index in [1.807, 2.05) is 30.3 Å². The Kier molecular flexibility index (Phi) is 8.29. The van der Waals surface area contributed by atoms with Gasteiger partial charge in [0.05, 0.1) is 12.2 Å². The molecule has 0 heterocycles. The average Bonchev–Trinajstić information content (AvgIpc) is 2.68. The first-order valence-corrected chi connectivity index (χ1v) is 9.35. The lowest BCUT2D eigenvalue weighted by Crippen LogP contribution is -2.18. The zero-order valence-corrected chi connectivity index (χ0v) is 17.0. The summed E-state index contributed by atoms with van der Waals surface area (Å²) in [5, 5.41) is 5.47.